The first-order chi connectivity index (χ1) is 7.56. The van der Waals surface area contributed by atoms with Crippen molar-refractivity contribution in [2.75, 3.05) is 12.3 Å². The predicted molar refractivity (Wildman–Crippen MR) is 58.4 cm³/mol. The smallest absolute Gasteiger partial charge is 0.123 e. The number of nitrogen functional groups attached to an aromatic ring is 1. The highest BCUT2D eigenvalue weighted by molar-refractivity contribution is 5.37. The van der Waals surface area contributed by atoms with E-state index in [1.807, 2.05) is 0 Å². The highest BCUT2D eigenvalue weighted by Gasteiger charge is 2.19. The first kappa shape index (κ1) is 12.3. The average Bonchev–Trinajstić information content (AvgIpc) is 2.25. The zero-order valence-electron chi connectivity index (χ0n) is 8.78. The normalized spacial score (nSPS) is 13.9. The maximum Gasteiger partial charge on any atom is 0.123 e. The summed E-state index contributed by atoms with van der Waals surface area (Å²) in [6.07, 6.45) is -0.895. The third kappa shape index (κ3) is 2.83. The molecule has 4 N–H and O–H groups in total. The summed E-state index contributed by atoms with van der Waals surface area (Å²) in [7, 11) is 0. The Labute approximate surface area is 92.2 Å². The van der Waals surface area contributed by atoms with Crippen LogP contribution in [0.15, 0.2) is 17.4 Å². The highest BCUT2D eigenvalue weighted by Crippen LogP contribution is 2.21. The fraction of sp³-hybridized carbons (Fsp3) is 0.444. The second-order valence-corrected chi connectivity index (χ2v) is 3.39. The standard InChI is InChI=1S/C9H13N5O2/c1-5-2-8(10)12-3-6(5)9(16)7(15)4-13-14-11/h2-3,7,9,15-16H,4H2,1H3,(H2,10,12). The third-order valence-electron chi connectivity index (χ3n) is 2.19. The summed E-state index contributed by atoms with van der Waals surface area (Å²) in [6, 6.07) is 1.60. The summed E-state index contributed by atoms with van der Waals surface area (Å²) in [6.45, 7) is 1.55. The largest absolute Gasteiger partial charge is 0.390 e. The van der Waals surface area contributed by atoms with E-state index >= 15 is 0 Å². The second-order valence-electron chi connectivity index (χ2n) is 3.39. The van der Waals surface area contributed by atoms with Gasteiger partial charge in [0.2, 0.25) is 0 Å². The van der Waals surface area contributed by atoms with Gasteiger partial charge in [-0.25, -0.2) is 4.98 Å². The first-order valence-electron chi connectivity index (χ1n) is 4.65. The maximum absolute atomic E-state index is 9.77. The molecule has 0 aliphatic rings. The van der Waals surface area contributed by atoms with Crippen LogP contribution in [-0.2, 0) is 0 Å². The van der Waals surface area contributed by atoms with Crippen molar-refractivity contribution < 1.29 is 10.2 Å². The third-order valence-corrected chi connectivity index (χ3v) is 2.19. The number of aryl methyl sites for hydroxylation is 1. The van der Waals surface area contributed by atoms with Crippen molar-refractivity contribution in [3.63, 3.8) is 0 Å². The van der Waals surface area contributed by atoms with E-state index in [4.69, 9.17) is 11.3 Å². The van der Waals surface area contributed by atoms with Crippen molar-refractivity contribution in [3.05, 3.63) is 33.8 Å². The molecule has 0 aromatic carbocycles. The van der Waals surface area contributed by atoms with E-state index in [0.717, 1.165) is 5.56 Å². The van der Waals surface area contributed by atoms with Crippen LogP contribution >= 0.6 is 0 Å². The van der Waals surface area contributed by atoms with Gasteiger partial charge < -0.3 is 15.9 Å². The van der Waals surface area contributed by atoms with Gasteiger partial charge in [0, 0.05) is 16.7 Å². The molecule has 0 aliphatic carbocycles. The van der Waals surface area contributed by atoms with Gasteiger partial charge in [0.05, 0.1) is 12.6 Å². The first-order valence-corrected chi connectivity index (χ1v) is 4.65. The van der Waals surface area contributed by atoms with Gasteiger partial charge in [0.25, 0.3) is 0 Å². The molecule has 1 aromatic rings. The average molecular weight is 223 g/mol. The molecule has 2 unspecified atom stereocenters. The summed E-state index contributed by atoms with van der Waals surface area (Å²) in [5, 5.41) is 22.5. The monoisotopic (exact) mass is 223 g/mol. The van der Waals surface area contributed by atoms with E-state index in [1.54, 1.807) is 13.0 Å². The van der Waals surface area contributed by atoms with E-state index in [-0.39, 0.29) is 6.54 Å². The van der Waals surface area contributed by atoms with Crippen LogP contribution < -0.4 is 5.73 Å². The zero-order valence-corrected chi connectivity index (χ0v) is 8.78. The van der Waals surface area contributed by atoms with Crippen LogP contribution in [0.4, 0.5) is 5.82 Å². The second kappa shape index (κ2) is 5.32. The molecular weight excluding hydrogens is 210 g/mol. The van der Waals surface area contributed by atoms with E-state index in [0.29, 0.717) is 11.4 Å². The molecular formula is C9H13N5O2. The fourth-order valence-electron chi connectivity index (χ4n) is 1.33. The number of aliphatic hydroxyl groups excluding tert-OH is 2. The number of anilines is 1. The van der Waals surface area contributed by atoms with E-state index in [9.17, 15) is 10.2 Å². The van der Waals surface area contributed by atoms with Gasteiger partial charge in [0.15, 0.2) is 0 Å². The number of aliphatic hydroxyl groups is 2. The van der Waals surface area contributed by atoms with Gasteiger partial charge in [-0.3, -0.25) is 0 Å². The van der Waals surface area contributed by atoms with Crippen LogP contribution in [0, 0.1) is 6.92 Å². The van der Waals surface area contributed by atoms with Crippen molar-refractivity contribution in [2.24, 2.45) is 5.11 Å². The zero-order chi connectivity index (χ0) is 12.1. The fourth-order valence-corrected chi connectivity index (χ4v) is 1.33. The van der Waals surface area contributed by atoms with Crippen molar-refractivity contribution in [1.82, 2.24) is 4.98 Å². The summed E-state index contributed by atoms with van der Waals surface area (Å²) in [5.41, 5.74) is 14.7. The van der Waals surface area contributed by atoms with E-state index in [1.165, 1.54) is 6.20 Å². The SMILES string of the molecule is Cc1cc(N)ncc1C(O)C(O)CN=[N+]=[N-]. The summed E-state index contributed by atoms with van der Waals surface area (Å²) < 4.78 is 0. The lowest BCUT2D eigenvalue weighted by atomic mass is 10.0. The Morgan fingerprint density at radius 3 is 2.88 bits per heavy atom. The molecule has 7 heteroatoms. The number of pyridine rings is 1. The summed E-state index contributed by atoms with van der Waals surface area (Å²) in [5.74, 6) is 0.345. The van der Waals surface area contributed by atoms with Crippen LogP contribution in [-0.4, -0.2) is 27.8 Å². The molecule has 1 rings (SSSR count). The molecule has 0 aliphatic heterocycles. The summed E-state index contributed by atoms with van der Waals surface area (Å²) in [4.78, 5) is 6.33. The lowest BCUT2D eigenvalue weighted by molar-refractivity contribution is 0.0238. The molecule has 16 heavy (non-hydrogen) atoms. The Balaban J connectivity index is 2.86. The molecule has 0 bridgehead atoms. The Hall–Kier alpha value is -1.82. The number of hydrogen-bond acceptors (Lipinski definition) is 5. The number of hydrogen-bond donors (Lipinski definition) is 3. The molecule has 0 saturated carbocycles. The number of azide groups is 1. The molecule has 0 spiro atoms. The molecule has 0 fully saturated rings. The van der Waals surface area contributed by atoms with Gasteiger partial charge in [-0.15, -0.1) is 0 Å². The van der Waals surface area contributed by atoms with Crippen molar-refractivity contribution in [1.29, 1.82) is 0 Å². The van der Waals surface area contributed by atoms with Gasteiger partial charge in [-0.2, -0.15) is 0 Å². The Bertz CT molecular complexity index is 416. The topological polar surface area (TPSA) is 128 Å². The molecule has 0 saturated heterocycles. The van der Waals surface area contributed by atoms with E-state index in [2.05, 4.69) is 15.0 Å². The van der Waals surface area contributed by atoms with Crippen LogP contribution in [0.3, 0.4) is 0 Å². The molecule has 1 aromatic heterocycles. The van der Waals surface area contributed by atoms with Crippen LogP contribution in [0.25, 0.3) is 10.4 Å². The molecule has 0 amide bonds. The number of aromatic nitrogens is 1. The minimum absolute atomic E-state index is 0.193. The van der Waals surface area contributed by atoms with Gasteiger partial charge >= 0.3 is 0 Å². The van der Waals surface area contributed by atoms with Crippen LogP contribution in [0.5, 0.6) is 0 Å². The number of nitrogens with zero attached hydrogens (tertiary/aromatic N) is 4. The Kier molecular flexibility index (Phi) is 4.07. The molecule has 7 nitrogen and oxygen atoms in total. The number of nitrogens with two attached hydrogens (primary N) is 1. The number of rotatable bonds is 4. The minimum atomic E-state index is -1.15. The lowest BCUT2D eigenvalue weighted by Crippen LogP contribution is -2.22. The quantitative estimate of drug-likeness (QED) is 0.393. The lowest BCUT2D eigenvalue weighted by Gasteiger charge is -2.17. The van der Waals surface area contributed by atoms with Gasteiger partial charge in [-0.05, 0) is 24.1 Å². The van der Waals surface area contributed by atoms with Crippen LogP contribution in [0.2, 0.25) is 0 Å². The van der Waals surface area contributed by atoms with Gasteiger partial charge in [-0.1, -0.05) is 5.11 Å². The van der Waals surface area contributed by atoms with Crippen molar-refractivity contribution in [2.45, 2.75) is 19.1 Å². The molecule has 86 valence electrons. The Morgan fingerprint density at radius 2 is 2.31 bits per heavy atom. The molecule has 1 heterocycles. The van der Waals surface area contributed by atoms with Gasteiger partial charge in [0.1, 0.15) is 11.9 Å². The highest BCUT2D eigenvalue weighted by atomic mass is 16.3. The predicted octanol–water partition coefficient (Wildman–Crippen LogP) is 0.677. The Morgan fingerprint density at radius 1 is 1.62 bits per heavy atom. The maximum atomic E-state index is 9.77. The summed E-state index contributed by atoms with van der Waals surface area (Å²) >= 11 is 0. The van der Waals surface area contributed by atoms with Crippen molar-refractivity contribution in [3.8, 4) is 0 Å². The van der Waals surface area contributed by atoms with E-state index < -0.39 is 12.2 Å². The van der Waals surface area contributed by atoms with Crippen molar-refractivity contribution >= 4 is 5.82 Å². The van der Waals surface area contributed by atoms with Crippen LogP contribution in [0.1, 0.15) is 17.2 Å². The molecule has 2 atom stereocenters. The minimum Gasteiger partial charge on any atom is -0.390 e. The molecule has 0 radical (unpaired) electrons.